The fraction of sp³-hybridized carbons (Fsp3) is 0.312. The predicted octanol–water partition coefficient (Wildman–Crippen LogP) is 3.81. The van der Waals surface area contributed by atoms with Crippen LogP contribution in [0.1, 0.15) is 30.9 Å². The largest absolute Gasteiger partial charge is 0.380 e. The van der Waals surface area contributed by atoms with E-state index in [1.165, 1.54) is 18.2 Å². The summed E-state index contributed by atoms with van der Waals surface area (Å²) in [5, 5.41) is 3.19. The average molecular weight is 292 g/mol. The molecule has 0 atom stereocenters. The van der Waals surface area contributed by atoms with Gasteiger partial charge in [0.1, 0.15) is 0 Å². The molecule has 1 N–H and O–H groups in total. The minimum absolute atomic E-state index is 0.0234. The molecular weight excluding hydrogens is 274 g/mol. The van der Waals surface area contributed by atoms with E-state index >= 15 is 0 Å². The van der Waals surface area contributed by atoms with Crippen molar-refractivity contribution in [1.82, 2.24) is 4.57 Å². The number of aryl methyl sites for hydroxylation is 1. The summed E-state index contributed by atoms with van der Waals surface area (Å²) in [4.78, 5) is 11.6. The van der Waals surface area contributed by atoms with Gasteiger partial charge in [-0.05, 0) is 18.1 Å². The maximum atomic E-state index is 12.5. The summed E-state index contributed by atoms with van der Waals surface area (Å²) >= 11 is 0. The molecule has 2 rings (SSSR count). The Bertz CT molecular complexity index is 635. The molecule has 112 valence electrons. The number of hydrogen-bond acceptors (Lipinski definition) is 2. The third-order valence-electron chi connectivity index (χ3n) is 3.18. The summed E-state index contributed by atoms with van der Waals surface area (Å²) in [5.74, 6) is 0. The van der Waals surface area contributed by atoms with Gasteiger partial charge < -0.3 is 9.88 Å². The fourth-order valence-electron chi connectivity index (χ4n) is 2.04. The van der Waals surface area contributed by atoms with E-state index in [0.717, 1.165) is 17.7 Å². The van der Waals surface area contributed by atoms with E-state index in [4.69, 9.17) is 0 Å². The molecule has 3 nitrogen and oxygen atoms in total. The van der Waals surface area contributed by atoms with Crippen LogP contribution in [0, 0.1) is 0 Å². The van der Waals surface area contributed by atoms with Gasteiger partial charge in [-0.2, -0.15) is 0 Å². The molecule has 2 aromatic rings. The predicted molar refractivity (Wildman–Crippen MR) is 79.7 cm³/mol. The third kappa shape index (κ3) is 4.15. The van der Waals surface area contributed by atoms with Gasteiger partial charge in [0.15, 0.2) is 0 Å². The molecule has 0 aliphatic carbocycles. The third-order valence-corrected chi connectivity index (χ3v) is 3.18. The maximum Gasteiger partial charge on any atom is 0.263 e. The monoisotopic (exact) mass is 292 g/mol. The number of benzene rings is 1. The van der Waals surface area contributed by atoms with E-state index in [2.05, 4.69) is 5.32 Å². The molecule has 0 fully saturated rings. The van der Waals surface area contributed by atoms with Gasteiger partial charge in [0, 0.05) is 30.9 Å². The Labute approximate surface area is 122 Å². The van der Waals surface area contributed by atoms with E-state index in [0.29, 0.717) is 13.1 Å². The smallest absolute Gasteiger partial charge is 0.263 e. The number of rotatable bonds is 6. The maximum absolute atomic E-state index is 12.5. The number of anilines is 1. The fourth-order valence-corrected chi connectivity index (χ4v) is 2.04. The Morgan fingerprint density at radius 2 is 1.86 bits per heavy atom. The summed E-state index contributed by atoms with van der Waals surface area (Å²) < 4.78 is 26.6. The van der Waals surface area contributed by atoms with Crippen LogP contribution in [0.25, 0.3) is 0 Å². The van der Waals surface area contributed by atoms with Gasteiger partial charge in [0.2, 0.25) is 0 Å². The zero-order valence-electron chi connectivity index (χ0n) is 11.9. The first-order chi connectivity index (χ1) is 10.1. The highest BCUT2D eigenvalue weighted by Gasteiger charge is 2.05. The minimum Gasteiger partial charge on any atom is -0.380 e. The number of nitrogens with zero attached hydrogens (tertiary/aromatic N) is 1. The topological polar surface area (TPSA) is 34.0 Å². The van der Waals surface area contributed by atoms with Gasteiger partial charge in [-0.15, -0.1) is 0 Å². The van der Waals surface area contributed by atoms with E-state index < -0.39 is 6.43 Å². The summed E-state index contributed by atoms with van der Waals surface area (Å²) in [5.41, 5.74) is 1.74. The van der Waals surface area contributed by atoms with Crippen molar-refractivity contribution < 1.29 is 8.78 Å². The number of alkyl halides is 2. The number of nitrogens with one attached hydrogen (secondary N) is 1. The lowest BCUT2D eigenvalue weighted by Crippen LogP contribution is -2.18. The summed E-state index contributed by atoms with van der Waals surface area (Å²) in [6.07, 6.45) is 0.224. The van der Waals surface area contributed by atoms with Crippen LogP contribution in [0.2, 0.25) is 0 Å². The van der Waals surface area contributed by atoms with Crippen LogP contribution in [0.15, 0.2) is 47.4 Å². The van der Waals surface area contributed by atoms with Crippen molar-refractivity contribution in [2.45, 2.75) is 32.9 Å². The molecule has 0 radical (unpaired) electrons. The quantitative estimate of drug-likeness (QED) is 0.878. The Morgan fingerprint density at radius 3 is 2.48 bits per heavy atom. The number of pyridine rings is 1. The molecule has 1 aromatic carbocycles. The summed E-state index contributed by atoms with van der Waals surface area (Å²) in [7, 11) is 0. The lowest BCUT2D eigenvalue weighted by molar-refractivity contribution is 0.151. The first-order valence-corrected chi connectivity index (χ1v) is 6.91. The molecule has 0 aliphatic rings. The van der Waals surface area contributed by atoms with Crippen molar-refractivity contribution in [3.63, 3.8) is 0 Å². The van der Waals surface area contributed by atoms with Gasteiger partial charge in [-0.25, -0.2) is 8.78 Å². The normalized spacial score (nSPS) is 10.9. The van der Waals surface area contributed by atoms with Gasteiger partial charge in [0.25, 0.3) is 12.0 Å². The van der Waals surface area contributed by atoms with E-state index in [1.807, 2.05) is 6.92 Å². The van der Waals surface area contributed by atoms with Gasteiger partial charge in [-0.1, -0.05) is 31.2 Å². The van der Waals surface area contributed by atoms with E-state index in [1.54, 1.807) is 29.0 Å². The molecule has 0 saturated heterocycles. The molecule has 0 unspecified atom stereocenters. The van der Waals surface area contributed by atoms with Crippen molar-refractivity contribution in [2.24, 2.45) is 0 Å². The SMILES string of the molecule is CCCn1cc(NCc2ccc(C(F)F)cc2)ccc1=O. The van der Waals surface area contributed by atoms with Crippen LogP contribution in [0.4, 0.5) is 14.5 Å². The Balaban J connectivity index is 2.02. The number of hydrogen-bond donors (Lipinski definition) is 1. The summed E-state index contributed by atoms with van der Waals surface area (Å²) in [6, 6.07) is 9.46. The van der Waals surface area contributed by atoms with Crippen molar-refractivity contribution >= 4 is 5.69 Å². The number of aromatic nitrogens is 1. The highest BCUT2D eigenvalue weighted by atomic mass is 19.3. The van der Waals surface area contributed by atoms with Crippen LogP contribution in [0.5, 0.6) is 0 Å². The molecule has 1 aromatic heterocycles. The lowest BCUT2D eigenvalue weighted by atomic mass is 10.1. The van der Waals surface area contributed by atoms with Crippen molar-refractivity contribution in [1.29, 1.82) is 0 Å². The van der Waals surface area contributed by atoms with Crippen LogP contribution >= 0.6 is 0 Å². The Hall–Kier alpha value is -2.17. The van der Waals surface area contributed by atoms with Crippen molar-refractivity contribution in [3.8, 4) is 0 Å². The Kier molecular flexibility index (Phi) is 5.09. The first kappa shape index (κ1) is 15.2. The average Bonchev–Trinajstić information content (AvgIpc) is 2.48. The van der Waals surface area contributed by atoms with Gasteiger partial charge >= 0.3 is 0 Å². The van der Waals surface area contributed by atoms with E-state index in [9.17, 15) is 13.6 Å². The van der Waals surface area contributed by atoms with Crippen molar-refractivity contribution in [3.05, 3.63) is 64.1 Å². The summed E-state index contributed by atoms with van der Waals surface area (Å²) in [6.45, 7) is 3.21. The minimum atomic E-state index is -2.44. The molecular formula is C16H18F2N2O. The molecule has 5 heteroatoms. The van der Waals surface area contributed by atoms with E-state index in [-0.39, 0.29) is 11.1 Å². The second-order valence-electron chi connectivity index (χ2n) is 4.85. The molecule has 0 spiro atoms. The molecule has 0 saturated carbocycles. The standard InChI is InChI=1S/C16H18F2N2O/c1-2-9-20-11-14(7-8-15(20)21)19-10-12-3-5-13(6-4-12)16(17)18/h3-8,11,16,19H,2,9-10H2,1H3. The van der Waals surface area contributed by atoms with Crippen LogP contribution in [-0.4, -0.2) is 4.57 Å². The first-order valence-electron chi connectivity index (χ1n) is 6.91. The highest BCUT2D eigenvalue weighted by molar-refractivity contribution is 5.41. The second kappa shape index (κ2) is 7.02. The zero-order valence-corrected chi connectivity index (χ0v) is 11.9. The lowest BCUT2D eigenvalue weighted by Gasteiger charge is -2.10. The van der Waals surface area contributed by atoms with Crippen molar-refractivity contribution in [2.75, 3.05) is 5.32 Å². The molecule has 0 bridgehead atoms. The molecule has 1 heterocycles. The zero-order chi connectivity index (χ0) is 15.2. The van der Waals surface area contributed by atoms with Crippen LogP contribution < -0.4 is 10.9 Å². The van der Waals surface area contributed by atoms with Gasteiger partial charge in [-0.3, -0.25) is 4.79 Å². The van der Waals surface area contributed by atoms with Crippen LogP contribution in [0.3, 0.4) is 0 Å². The second-order valence-corrected chi connectivity index (χ2v) is 4.85. The molecule has 0 aliphatic heterocycles. The van der Waals surface area contributed by atoms with Crippen LogP contribution in [-0.2, 0) is 13.1 Å². The Morgan fingerprint density at radius 1 is 1.14 bits per heavy atom. The number of halogens is 2. The highest BCUT2D eigenvalue weighted by Crippen LogP contribution is 2.19. The van der Waals surface area contributed by atoms with Gasteiger partial charge in [0.05, 0.1) is 5.69 Å². The molecule has 0 amide bonds. The molecule has 21 heavy (non-hydrogen) atoms.